The van der Waals surface area contributed by atoms with Crippen molar-refractivity contribution in [1.29, 1.82) is 0 Å². The maximum atomic E-state index is 11.3. The van der Waals surface area contributed by atoms with Crippen LogP contribution in [0.4, 0.5) is 0 Å². The van der Waals surface area contributed by atoms with Gasteiger partial charge in [-0.2, -0.15) is 11.8 Å². The molecule has 2 heterocycles. The first-order valence-corrected chi connectivity index (χ1v) is 6.46. The summed E-state index contributed by atoms with van der Waals surface area (Å²) in [6.45, 7) is 0.322. The molecule has 1 saturated heterocycles. The number of rotatable bonds is 2. The SMILES string of the molecule is NCc1cc(C2CCCSC2)c[nH]c1=O. The number of hydrogen-bond donors (Lipinski definition) is 2. The van der Waals surface area contributed by atoms with Crippen molar-refractivity contribution in [3.63, 3.8) is 0 Å². The summed E-state index contributed by atoms with van der Waals surface area (Å²) in [5.74, 6) is 3.02. The molecule has 0 amide bonds. The molecule has 1 aliphatic rings. The molecule has 0 aromatic carbocycles. The van der Waals surface area contributed by atoms with Crippen LogP contribution in [0, 0.1) is 0 Å². The molecule has 1 atom stereocenters. The minimum Gasteiger partial charge on any atom is -0.329 e. The summed E-state index contributed by atoms with van der Waals surface area (Å²) >= 11 is 1.99. The van der Waals surface area contributed by atoms with Crippen molar-refractivity contribution in [2.75, 3.05) is 11.5 Å². The van der Waals surface area contributed by atoms with E-state index < -0.39 is 0 Å². The number of pyridine rings is 1. The number of thioether (sulfide) groups is 1. The van der Waals surface area contributed by atoms with Gasteiger partial charge in [0.15, 0.2) is 0 Å². The summed E-state index contributed by atoms with van der Waals surface area (Å²) in [5.41, 5.74) is 7.41. The molecule has 1 fully saturated rings. The van der Waals surface area contributed by atoms with Gasteiger partial charge >= 0.3 is 0 Å². The van der Waals surface area contributed by atoms with E-state index in [0.717, 1.165) is 5.75 Å². The third kappa shape index (κ3) is 2.44. The van der Waals surface area contributed by atoms with Gasteiger partial charge in [-0.25, -0.2) is 0 Å². The summed E-state index contributed by atoms with van der Waals surface area (Å²) in [6.07, 6.45) is 4.34. The Morgan fingerprint density at radius 1 is 1.60 bits per heavy atom. The van der Waals surface area contributed by atoms with Crippen molar-refractivity contribution >= 4 is 11.8 Å². The van der Waals surface area contributed by atoms with E-state index in [1.54, 1.807) is 0 Å². The van der Waals surface area contributed by atoms with Crippen LogP contribution in [-0.2, 0) is 6.54 Å². The van der Waals surface area contributed by atoms with E-state index in [1.165, 1.54) is 24.2 Å². The van der Waals surface area contributed by atoms with Gasteiger partial charge in [0, 0.05) is 24.1 Å². The zero-order valence-electron chi connectivity index (χ0n) is 8.66. The zero-order valence-corrected chi connectivity index (χ0v) is 9.48. The van der Waals surface area contributed by atoms with E-state index in [4.69, 9.17) is 5.73 Å². The molecular weight excluding hydrogens is 208 g/mol. The lowest BCUT2D eigenvalue weighted by Gasteiger charge is -2.21. The number of hydrogen-bond acceptors (Lipinski definition) is 3. The highest BCUT2D eigenvalue weighted by Gasteiger charge is 2.16. The van der Waals surface area contributed by atoms with E-state index >= 15 is 0 Å². The summed E-state index contributed by atoms with van der Waals surface area (Å²) < 4.78 is 0. The molecule has 3 nitrogen and oxygen atoms in total. The average Bonchev–Trinajstić information content (AvgIpc) is 2.31. The van der Waals surface area contributed by atoms with Gasteiger partial charge < -0.3 is 10.7 Å². The predicted molar refractivity (Wildman–Crippen MR) is 64.3 cm³/mol. The molecule has 0 bridgehead atoms. The first kappa shape index (κ1) is 10.8. The van der Waals surface area contributed by atoms with E-state index in [1.807, 2.05) is 24.0 Å². The van der Waals surface area contributed by atoms with Gasteiger partial charge in [-0.05, 0) is 36.1 Å². The largest absolute Gasteiger partial charge is 0.329 e. The Bertz CT molecular complexity index is 382. The van der Waals surface area contributed by atoms with Gasteiger partial charge in [-0.3, -0.25) is 4.79 Å². The molecule has 4 heteroatoms. The second-order valence-electron chi connectivity index (χ2n) is 3.91. The fraction of sp³-hybridized carbons (Fsp3) is 0.545. The molecule has 15 heavy (non-hydrogen) atoms. The highest BCUT2D eigenvalue weighted by molar-refractivity contribution is 7.99. The molecule has 1 aliphatic heterocycles. The van der Waals surface area contributed by atoms with Gasteiger partial charge in [0.25, 0.3) is 5.56 Å². The predicted octanol–water partition coefficient (Wildman–Crippen LogP) is 1.44. The van der Waals surface area contributed by atoms with Gasteiger partial charge in [-0.1, -0.05) is 0 Å². The van der Waals surface area contributed by atoms with Crippen LogP contribution in [0.25, 0.3) is 0 Å². The van der Waals surface area contributed by atoms with Gasteiger partial charge in [0.2, 0.25) is 0 Å². The van der Waals surface area contributed by atoms with Crippen LogP contribution in [0.1, 0.15) is 29.9 Å². The van der Waals surface area contributed by atoms with Crippen LogP contribution in [0.3, 0.4) is 0 Å². The van der Waals surface area contributed by atoms with Crippen LogP contribution < -0.4 is 11.3 Å². The summed E-state index contributed by atoms with van der Waals surface area (Å²) in [5, 5.41) is 0. The van der Waals surface area contributed by atoms with E-state index in [9.17, 15) is 4.79 Å². The molecule has 1 aromatic rings. The number of aromatic nitrogens is 1. The topological polar surface area (TPSA) is 58.9 Å². The Kier molecular flexibility index (Phi) is 3.49. The van der Waals surface area contributed by atoms with Crippen molar-refractivity contribution in [1.82, 2.24) is 4.98 Å². The van der Waals surface area contributed by atoms with Crippen LogP contribution >= 0.6 is 11.8 Å². The molecule has 2 rings (SSSR count). The first-order valence-electron chi connectivity index (χ1n) is 5.30. The summed E-state index contributed by atoms with van der Waals surface area (Å²) in [7, 11) is 0. The molecule has 0 spiro atoms. The van der Waals surface area contributed by atoms with Crippen LogP contribution in [0.5, 0.6) is 0 Å². The van der Waals surface area contributed by atoms with E-state index in [-0.39, 0.29) is 5.56 Å². The van der Waals surface area contributed by atoms with Crippen molar-refractivity contribution in [3.8, 4) is 0 Å². The van der Waals surface area contributed by atoms with Crippen molar-refractivity contribution in [2.45, 2.75) is 25.3 Å². The summed E-state index contributed by atoms with van der Waals surface area (Å²) in [4.78, 5) is 14.1. The molecule has 3 N–H and O–H groups in total. The Morgan fingerprint density at radius 2 is 2.47 bits per heavy atom. The Balaban J connectivity index is 2.23. The van der Waals surface area contributed by atoms with E-state index in [0.29, 0.717) is 18.0 Å². The van der Waals surface area contributed by atoms with Crippen LogP contribution in [-0.4, -0.2) is 16.5 Å². The molecule has 0 radical (unpaired) electrons. The molecule has 0 saturated carbocycles. The maximum Gasteiger partial charge on any atom is 0.252 e. The molecule has 82 valence electrons. The van der Waals surface area contributed by atoms with Crippen molar-refractivity contribution in [3.05, 3.63) is 33.7 Å². The number of nitrogens with two attached hydrogens (primary N) is 1. The lowest BCUT2D eigenvalue weighted by Crippen LogP contribution is -2.18. The lowest BCUT2D eigenvalue weighted by atomic mass is 9.96. The molecule has 0 aliphatic carbocycles. The number of H-pyrrole nitrogens is 1. The standard InChI is InChI=1S/C11H16N2OS/c12-5-9-4-10(6-13-11(9)14)8-2-1-3-15-7-8/h4,6,8H,1-3,5,7,12H2,(H,13,14). The summed E-state index contributed by atoms with van der Waals surface area (Å²) in [6, 6.07) is 1.97. The highest BCUT2D eigenvalue weighted by Crippen LogP contribution is 2.30. The lowest BCUT2D eigenvalue weighted by molar-refractivity contribution is 0.656. The minimum atomic E-state index is -0.0512. The molecular formula is C11H16N2OS. The fourth-order valence-corrected chi connectivity index (χ4v) is 3.12. The number of aromatic amines is 1. The number of nitrogens with one attached hydrogen (secondary N) is 1. The second-order valence-corrected chi connectivity index (χ2v) is 5.06. The maximum absolute atomic E-state index is 11.3. The zero-order chi connectivity index (χ0) is 10.7. The van der Waals surface area contributed by atoms with Gasteiger partial charge in [-0.15, -0.1) is 0 Å². The normalized spacial score (nSPS) is 21.5. The third-order valence-electron chi connectivity index (χ3n) is 2.85. The fourth-order valence-electron chi connectivity index (χ4n) is 1.94. The van der Waals surface area contributed by atoms with Crippen LogP contribution in [0.15, 0.2) is 17.1 Å². The monoisotopic (exact) mass is 224 g/mol. The second kappa shape index (κ2) is 4.86. The van der Waals surface area contributed by atoms with Gasteiger partial charge in [0.1, 0.15) is 0 Å². The van der Waals surface area contributed by atoms with E-state index in [2.05, 4.69) is 4.98 Å². The Labute approximate surface area is 93.5 Å². The molecule has 1 unspecified atom stereocenters. The smallest absolute Gasteiger partial charge is 0.252 e. The van der Waals surface area contributed by atoms with Gasteiger partial charge in [0.05, 0.1) is 0 Å². The van der Waals surface area contributed by atoms with Crippen molar-refractivity contribution in [2.24, 2.45) is 5.73 Å². The Hall–Kier alpha value is -0.740. The average molecular weight is 224 g/mol. The highest BCUT2D eigenvalue weighted by atomic mass is 32.2. The Morgan fingerprint density at radius 3 is 3.13 bits per heavy atom. The van der Waals surface area contributed by atoms with Crippen molar-refractivity contribution < 1.29 is 0 Å². The quantitative estimate of drug-likeness (QED) is 0.799. The first-order chi connectivity index (χ1) is 7.31. The minimum absolute atomic E-state index is 0.0512. The van der Waals surface area contributed by atoms with Crippen LogP contribution in [0.2, 0.25) is 0 Å². The third-order valence-corrected chi connectivity index (χ3v) is 4.07. The molecule has 1 aromatic heterocycles.